The molecule has 0 heterocycles. The first-order valence-electron chi connectivity index (χ1n) is 9.77. The molecule has 0 radical (unpaired) electrons. The van der Waals surface area contributed by atoms with Gasteiger partial charge in [0.15, 0.2) is 0 Å². The number of rotatable bonds is 12. The molecule has 0 spiro atoms. The third-order valence-electron chi connectivity index (χ3n) is 4.91. The molecule has 0 amide bonds. The van der Waals surface area contributed by atoms with Crippen LogP contribution in [0, 0.1) is 10.8 Å². The van der Waals surface area contributed by atoms with Crippen molar-refractivity contribution >= 4 is 32.0 Å². The summed E-state index contributed by atoms with van der Waals surface area (Å²) in [6.45, 7) is 10.6. The molecule has 0 rings (SSSR count). The van der Waals surface area contributed by atoms with Gasteiger partial charge in [0.25, 0.3) is 20.2 Å². The van der Waals surface area contributed by atoms with Crippen LogP contribution in [0.3, 0.4) is 0 Å². The van der Waals surface area contributed by atoms with E-state index >= 15 is 0 Å². The molecule has 0 aromatic heterocycles. The van der Waals surface area contributed by atoms with Crippen LogP contribution in [0.1, 0.15) is 67.2 Å². The van der Waals surface area contributed by atoms with E-state index in [1.807, 2.05) is 0 Å². The molecule has 11 heteroatoms. The Hall–Kier alpha value is 0.0900. The van der Waals surface area contributed by atoms with Crippen molar-refractivity contribution in [1.29, 1.82) is 0 Å². The smallest absolute Gasteiger partial charge is 0.268 e. The predicted molar refractivity (Wildman–Crippen MR) is 121 cm³/mol. The highest BCUT2D eigenvalue weighted by Crippen LogP contribution is 2.30. The number of thioether (sulfide) groups is 1. The van der Waals surface area contributed by atoms with Gasteiger partial charge in [0.05, 0.1) is 10.5 Å². The molecule has 0 aliphatic carbocycles. The molecular weight excluding hydrogens is 436 g/mol. The summed E-state index contributed by atoms with van der Waals surface area (Å²) in [5, 5.41) is -1.74. The molecule has 0 fully saturated rings. The number of hydrogen-bond acceptors (Lipinski definition) is 7. The van der Waals surface area contributed by atoms with Crippen LogP contribution >= 0.6 is 11.8 Å². The van der Waals surface area contributed by atoms with Gasteiger partial charge in [-0.05, 0) is 36.5 Å². The molecule has 0 aliphatic heterocycles. The summed E-state index contributed by atoms with van der Waals surface area (Å²) in [4.78, 5) is 0. The van der Waals surface area contributed by atoms with Gasteiger partial charge in [-0.3, -0.25) is 9.11 Å². The van der Waals surface area contributed by atoms with E-state index in [1.54, 1.807) is 41.5 Å². The Kier molecular flexibility index (Phi) is 11.1. The third-order valence-corrected chi connectivity index (χ3v) is 9.57. The summed E-state index contributed by atoms with van der Waals surface area (Å²) >= 11 is 1.53. The van der Waals surface area contributed by atoms with Gasteiger partial charge in [0.2, 0.25) is 0 Å². The van der Waals surface area contributed by atoms with Crippen LogP contribution in [-0.2, 0) is 20.2 Å². The summed E-state index contributed by atoms with van der Waals surface area (Å²) in [5.41, 5.74) is 11.0. The van der Waals surface area contributed by atoms with E-state index in [0.717, 1.165) is 0 Å². The molecule has 0 aromatic carbocycles. The van der Waals surface area contributed by atoms with Crippen molar-refractivity contribution in [3.63, 3.8) is 0 Å². The SMILES string of the molecule is CC(C)(C)C(CCC(N)CSCC(N)CCC(C(C)(C)C)S(=O)(=O)O)S(=O)(=O)O. The highest BCUT2D eigenvalue weighted by molar-refractivity contribution is 7.99. The van der Waals surface area contributed by atoms with Gasteiger partial charge in [-0.25, -0.2) is 0 Å². The Morgan fingerprint density at radius 3 is 1.17 bits per heavy atom. The molecule has 4 atom stereocenters. The maximum atomic E-state index is 11.6. The van der Waals surface area contributed by atoms with E-state index in [0.29, 0.717) is 24.3 Å². The third kappa shape index (κ3) is 11.9. The van der Waals surface area contributed by atoms with Crippen molar-refractivity contribution in [2.75, 3.05) is 11.5 Å². The standard InChI is InChI=1S/C18H40N2O6S3/c1-17(2,3)15(28(21,22)23)9-7-13(19)11-27-12-14(20)8-10-16(18(4,5)6)29(24,25)26/h13-16H,7-12,19-20H2,1-6H3,(H,21,22,23)(H,24,25,26). The lowest BCUT2D eigenvalue weighted by Crippen LogP contribution is -2.37. The number of hydrogen-bond donors (Lipinski definition) is 4. The Bertz CT molecular complexity index is 636. The quantitative estimate of drug-likeness (QED) is 0.310. The van der Waals surface area contributed by atoms with Crippen LogP contribution in [-0.4, -0.2) is 60.0 Å². The molecule has 0 aliphatic rings. The molecule has 0 saturated heterocycles. The second-order valence-electron chi connectivity index (χ2n) is 9.95. The van der Waals surface area contributed by atoms with Gasteiger partial charge in [-0.2, -0.15) is 28.6 Å². The summed E-state index contributed by atoms with van der Waals surface area (Å²) in [6.07, 6.45) is 1.47. The van der Waals surface area contributed by atoms with Gasteiger partial charge >= 0.3 is 0 Å². The maximum absolute atomic E-state index is 11.6. The minimum atomic E-state index is -4.14. The first kappa shape index (κ1) is 29.1. The van der Waals surface area contributed by atoms with E-state index in [2.05, 4.69) is 0 Å². The Balaban J connectivity index is 4.45. The minimum Gasteiger partial charge on any atom is -0.327 e. The summed E-state index contributed by atoms with van der Waals surface area (Å²) in [7, 11) is -8.29. The van der Waals surface area contributed by atoms with E-state index in [4.69, 9.17) is 11.5 Å². The van der Waals surface area contributed by atoms with E-state index < -0.39 is 41.6 Å². The predicted octanol–water partition coefficient (Wildman–Crippen LogP) is 2.54. The zero-order chi connectivity index (χ0) is 23.3. The maximum Gasteiger partial charge on any atom is 0.268 e. The molecule has 0 aromatic rings. The van der Waals surface area contributed by atoms with Gasteiger partial charge in [-0.1, -0.05) is 41.5 Å². The molecule has 176 valence electrons. The lowest BCUT2D eigenvalue weighted by atomic mass is 9.88. The lowest BCUT2D eigenvalue weighted by molar-refractivity contribution is 0.330. The van der Waals surface area contributed by atoms with Crippen molar-refractivity contribution in [2.45, 2.75) is 89.8 Å². The first-order valence-corrected chi connectivity index (χ1v) is 13.9. The van der Waals surface area contributed by atoms with Crippen LogP contribution in [0.15, 0.2) is 0 Å². The van der Waals surface area contributed by atoms with Crippen molar-refractivity contribution in [1.82, 2.24) is 0 Å². The molecule has 0 saturated carbocycles. The normalized spacial score (nSPS) is 18.3. The molecule has 8 nitrogen and oxygen atoms in total. The van der Waals surface area contributed by atoms with Crippen molar-refractivity contribution in [2.24, 2.45) is 22.3 Å². The zero-order valence-corrected chi connectivity index (χ0v) is 20.9. The fraction of sp³-hybridized carbons (Fsp3) is 1.00. The van der Waals surface area contributed by atoms with E-state index in [-0.39, 0.29) is 24.9 Å². The second kappa shape index (κ2) is 11.1. The summed E-state index contributed by atoms with van der Waals surface area (Å²) in [6, 6.07) is -0.474. The van der Waals surface area contributed by atoms with Gasteiger partial charge in [-0.15, -0.1) is 0 Å². The average molecular weight is 477 g/mol. The minimum absolute atomic E-state index is 0.237. The van der Waals surface area contributed by atoms with Crippen molar-refractivity contribution in [3.05, 3.63) is 0 Å². The fourth-order valence-electron chi connectivity index (χ4n) is 3.33. The molecular formula is C18H40N2O6S3. The average Bonchev–Trinajstić information content (AvgIpc) is 2.41. The Morgan fingerprint density at radius 2 is 0.966 bits per heavy atom. The van der Waals surface area contributed by atoms with Crippen molar-refractivity contribution in [3.8, 4) is 0 Å². The highest BCUT2D eigenvalue weighted by atomic mass is 32.2. The summed E-state index contributed by atoms with van der Waals surface area (Å²) in [5.74, 6) is 1.16. The van der Waals surface area contributed by atoms with Crippen LogP contribution in [0.4, 0.5) is 0 Å². The number of nitrogens with two attached hydrogens (primary N) is 2. The van der Waals surface area contributed by atoms with Crippen LogP contribution < -0.4 is 11.5 Å². The fourth-order valence-corrected chi connectivity index (χ4v) is 7.06. The second-order valence-corrected chi connectivity index (χ2v) is 14.2. The topological polar surface area (TPSA) is 161 Å². The zero-order valence-electron chi connectivity index (χ0n) is 18.5. The molecule has 6 N–H and O–H groups in total. The monoisotopic (exact) mass is 476 g/mol. The van der Waals surface area contributed by atoms with Crippen molar-refractivity contribution < 1.29 is 25.9 Å². The highest BCUT2D eigenvalue weighted by Gasteiger charge is 2.36. The summed E-state index contributed by atoms with van der Waals surface area (Å²) < 4.78 is 65.3. The molecule has 0 bridgehead atoms. The first-order chi connectivity index (χ1) is 12.8. The largest absolute Gasteiger partial charge is 0.327 e. The van der Waals surface area contributed by atoms with Gasteiger partial charge in [0, 0.05) is 23.6 Å². The van der Waals surface area contributed by atoms with Crippen LogP contribution in [0.25, 0.3) is 0 Å². The lowest BCUT2D eigenvalue weighted by Gasteiger charge is -2.29. The van der Waals surface area contributed by atoms with Gasteiger partial charge < -0.3 is 11.5 Å². The molecule has 29 heavy (non-hydrogen) atoms. The van der Waals surface area contributed by atoms with E-state index in [9.17, 15) is 25.9 Å². The molecule has 4 unspecified atom stereocenters. The van der Waals surface area contributed by atoms with Crippen LogP contribution in [0.2, 0.25) is 0 Å². The van der Waals surface area contributed by atoms with E-state index in [1.165, 1.54) is 11.8 Å². The van der Waals surface area contributed by atoms with Gasteiger partial charge in [0.1, 0.15) is 0 Å². The van der Waals surface area contributed by atoms with Crippen LogP contribution in [0.5, 0.6) is 0 Å². The Labute approximate surface area is 181 Å². The Morgan fingerprint density at radius 1 is 0.690 bits per heavy atom.